The number of carboxylic acid groups (broad SMARTS) is 1. The monoisotopic (exact) mass is 272 g/mol. The van der Waals surface area contributed by atoms with Gasteiger partial charge in [0.1, 0.15) is 6.04 Å². The Hall–Kier alpha value is -1.30. The second kappa shape index (κ2) is 7.99. The largest absolute Gasteiger partial charge is 0.480 e. The van der Waals surface area contributed by atoms with E-state index in [2.05, 4.69) is 10.6 Å². The molecule has 0 saturated carbocycles. The van der Waals surface area contributed by atoms with E-state index in [4.69, 9.17) is 9.84 Å². The number of ether oxygens (including phenoxy) is 1. The molecular formula is C13H24N2O4. The van der Waals surface area contributed by atoms with E-state index < -0.39 is 18.0 Å². The number of hydrogen-bond acceptors (Lipinski definition) is 3. The van der Waals surface area contributed by atoms with Gasteiger partial charge in [-0.25, -0.2) is 9.59 Å². The summed E-state index contributed by atoms with van der Waals surface area (Å²) in [6.45, 7) is 4.87. The summed E-state index contributed by atoms with van der Waals surface area (Å²) < 4.78 is 5.49. The van der Waals surface area contributed by atoms with Gasteiger partial charge in [0.2, 0.25) is 0 Å². The molecule has 19 heavy (non-hydrogen) atoms. The molecule has 0 bridgehead atoms. The van der Waals surface area contributed by atoms with Crippen molar-refractivity contribution in [3.63, 3.8) is 0 Å². The van der Waals surface area contributed by atoms with E-state index in [9.17, 15) is 9.59 Å². The number of nitrogens with one attached hydrogen (secondary N) is 2. The molecule has 3 N–H and O–H groups in total. The average molecular weight is 272 g/mol. The summed E-state index contributed by atoms with van der Waals surface area (Å²) in [6, 6.07) is -1.29. The lowest BCUT2D eigenvalue weighted by Crippen LogP contribution is -2.50. The van der Waals surface area contributed by atoms with Crippen molar-refractivity contribution in [3.05, 3.63) is 0 Å². The lowest BCUT2D eigenvalue weighted by molar-refractivity contribution is -0.140. The minimum atomic E-state index is -1.00. The number of rotatable bonds is 6. The molecule has 1 aliphatic rings. The van der Waals surface area contributed by atoms with Gasteiger partial charge in [0.25, 0.3) is 0 Å². The van der Waals surface area contributed by atoms with Crippen LogP contribution in [-0.4, -0.2) is 42.4 Å². The van der Waals surface area contributed by atoms with Crippen LogP contribution in [0.4, 0.5) is 4.79 Å². The Balaban J connectivity index is 2.33. The van der Waals surface area contributed by atoms with Gasteiger partial charge in [0.05, 0.1) is 6.10 Å². The summed E-state index contributed by atoms with van der Waals surface area (Å²) in [5, 5.41) is 14.3. The Kier molecular flexibility index (Phi) is 6.62. The summed E-state index contributed by atoms with van der Waals surface area (Å²) in [6.07, 6.45) is 3.86. The highest BCUT2D eigenvalue weighted by Crippen LogP contribution is 2.11. The van der Waals surface area contributed by atoms with E-state index in [1.54, 1.807) is 0 Å². The van der Waals surface area contributed by atoms with Crippen LogP contribution in [0.1, 0.15) is 39.5 Å². The molecule has 1 heterocycles. The molecule has 1 rings (SSSR count). The summed E-state index contributed by atoms with van der Waals surface area (Å²) in [5.74, 6) is -1.10. The first-order valence-electron chi connectivity index (χ1n) is 6.93. The van der Waals surface area contributed by atoms with Gasteiger partial charge in [-0.2, -0.15) is 0 Å². The molecular weight excluding hydrogens is 248 g/mol. The lowest BCUT2D eigenvalue weighted by Gasteiger charge is -2.24. The fraction of sp³-hybridized carbons (Fsp3) is 0.846. The van der Waals surface area contributed by atoms with Gasteiger partial charge >= 0.3 is 12.0 Å². The van der Waals surface area contributed by atoms with Gasteiger partial charge < -0.3 is 20.5 Å². The third-order valence-electron chi connectivity index (χ3n) is 3.53. The van der Waals surface area contributed by atoms with Crippen LogP contribution in [0.3, 0.4) is 0 Å². The van der Waals surface area contributed by atoms with Crippen LogP contribution < -0.4 is 10.6 Å². The first-order valence-corrected chi connectivity index (χ1v) is 6.93. The van der Waals surface area contributed by atoms with Gasteiger partial charge in [-0.1, -0.05) is 20.3 Å². The third-order valence-corrected chi connectivity index (χ3v) is 3.53. The molecule has 0 spiro atoms. The topological polar surface area (TPSA) is 87.7 Å². The first kappa shape index (κ1) is 15.8. The van der Waals surface area contributed by atoms with Gasteiger partial charge in [-0.05, 0) is 25.2 Å². The lowest BCUT2D eigenvalue weighted by atomic mass is 9.99. The molecule has 6 heteroatoms. The van der Waals surface area contributed by atoms with Crippen molar-refractivity contribution < 1.29 is 19.4 Å². The summed E-state index contributed by atoms with van der Waals surface area (Å²) in [7, 11) is 0. The zero-order valence-corrected chi connectivity index (χ0v) is 11.6. The Morgan fingerprint density at radius 3 is 2.68 bits per heavy atom. The van der Waals surface area contributed by atoms with E-state index in [-0.39, 0.29) is 12.0 Å². The van der Waals surface area contributed by atoms with Crippen LogP contribution >= 0.6 is 0 Å². The minimum absolute atomic E-state index is 0.0476. The van der Waals surface area contributed by atoms with Crippen LogP contribution in [0.2, 0.25) is 0 Å². The van der Waals surface area contributed by atoms with Gasteiger partial charge in [0.15, 0.2) is 0 Å². The Bertz CT molecular complexity index is 303. The molecule has 2 amide bonds. The van der Waals surface area contributed by atoms with Crippen LogP contribution in [-0.2, 0) is 9.53 Å². The molecule has 0 radical (unpaired) electrons. The predicted molar refractivity (Wildman–Crippen MR) is 71.0 cm³/mol. The highest BCUT2D eigenvalue weighted by atomic mass is 16.5. The zero-order valence-electron chi connectivity index (χ0n) is 11.6. The summed E-state index contributed by atoms with van der Waals surface area (Å²) >= 11 is 0. The highest BCUT2D eigenvalue weighted by molar-refractivity contribution is 5.82. The maximum atomic E-state index is 11.7. The SMILES string of the molecule is CCC(C)C(NC(=O)NCC1CCCCO1)C(=O)O. The van der Waals surface area contributed by atoms with Crippen molar-refractivity contribution in [1.82, 2.24) is 10.6 Å². The van der Waals surface area contributed by atoms with Crippen molar-refractivity contribution >= 4 is 12.0 Å². The van der Waals surface area contributed by atoms with Gasteiger partial charge in [0, 0.05) is 13.2 Å². The number of urea groups is 1. The van der Waals surface area contributed by atoms with E-state index in [1.807, 2.05) is 13.8 Å². The molecule has 0 aromatic heterocycles. The quantitative estimate of drug-likeness (QED) is 0.681. The summed E-state index contributed by atoms with van der Waals surface area (Å²) in [5.41, 5.74) is 0. The third kappa shape index (κ3) is 5.46. The number of carbonyl (C=O) groups is 2. The molecule has 6 nitrogen and oxygen atoms in total. The molecule has 0 aliphatic carbocycles. The van der Waals surface area contributed by atoms with E-state index in [1.165, 1.54) is 0 Å². The van der Waals surface area contributed by atoms with Crippen LogP contribution in [0.25, 0.3) is 0 Å². The number of carboxylic acids is 1. The van der Waals surface area contributed by atoms with E-state index in [0.29, 0.717) is 13.0 Å². The van der Waals surface area contributed by atoms with Gasteiger partial charge in [-0.3, -0.25) is 0 Å². The molecule has 3 unspecified atom stereocenters. The molecule has 0 aromatic rings. The standard InChI is InChI=1S/C13H24N2O4/c1-3-9(2)11(12(16)17)15-13(18)14-8-10-6-4-5-7-19-10/h9-11H,3-8H2,1-2H3,(H,16,17)(H2,14,15,18). The molecule has 0 aromatic carbocycles. The van der Waals surface area contributed by atoms with Crippen LogP contribution in [0.5, 0.6) is 0 Å². The van der Waals surface area contributed by atoms with Crippen molar-refractivity contribution in [2.24, 2.45) is 5.92 Å². The molecule has 1 aliphatic heterocycles. The number of aliphatic carboxylic acids is 1. The fourth-order valence-electron chi connectivity index (χ4n) is 2.05. The smallest absolute Gasteiger partial charge is 0.326 e. The van der Waals surface area contributed by atoms with Crippen molar-refractivity contribution in [3.8, 4) is 0 Å². The maximum absolute atomic E-state index is 11.7. The second-order valence-corrected chi connectivity index (χ2v) is 5.04. The predicted octanol–water partition coefficient (Wildman–Crippen LogP) is 1.35. The molecule has 1 fully saturated rings. The maximum Gasteiger partial charge on any atom is 0.326 e. The summed E-state index contributed by atoms with van der Waals surface area (Å²) in [4.78, 5) is 22.8. The zero-order chi connectivity index (χ0) is 14.3. The van der Waals surface area contributed by atoms with Crippen molar-refractivity contribution in [2.75, 3.05) is 13.2 Å². The molecule has 1 saturated heterocycles. The van der Waals surface area contributed by atoms with Crippen LogP contribution in [0, 0.1) is 5.92 Å². The first-order chi connectivity index (χ1) is 9.04. The second-order valence-electron chi connectivity index (χ2n) is 5.04. The van der Waals surface area contributed by atoms with Crippen LogP contribution in [0.15, 0.2) is 0 Å². The fourth-order valence-corrected chi connectivity index (χ4v) is 2.05. The van der Waals surface area contributed by atoms with E-state index in [0.717, 1.165) is 25.9 Å². The Morgan fingerprint density at radius 1 is 1.42 bits per heavy atom. The highest BCUT2D eigenvalue weighted by Gasteiger charge is 2.25. The number of carbonyl (C=O) groups excluding carboxylic acids is 1. The van der Waals surface area contributed by atoms with E-state index >= 15 is 0 Å². The Labute approximate surface area is 113 Å². The minimum Gasteiger partial charge on any atom is -0.480 e. The molecule has 110 valence electrons. The van der Waals surface area contributed by atoms with Gasteiger partial charge in [-0.15, -0.1) is 0 Å². The number of amides is 2. The van der Waals surface area contributed by atoms with Crippen molar-refractivity contribution in [1.29, 1.82) is 0 Å². The number of hydrogen-bond donors (Lipinski definition) is 3. The van der Waals surface area contributed by atoms with Crippen molar-refractivity contribution in [2.45, 2.75) is 51.7 Å². The average Bonchev–Trinajstić information content (AvgIpc) is 2.42. The normalized spacial score (nSPS) is 22.3. The Morgan fingerprint density at radius 2 is 2.16 bits per heavy atom. The molecule has 3 atom stereocenters.